The number of aromatic amines is 2. The number of carbonyl (C=O) groups is 4. The van der Waals surface area contributed by atoms with Crippen LogP contribution in [0.2, 0.25) is 0 Å². The van der Waals surface area contributed by atoms with Gasteiger partial charge in [0.25, 0.3) is 0 Å². The van der Waals surface area contributed by atoms with Gasteiger partial charge in [-0.3, -0.25) is 14.4 Å². The predicted octanol–water partition coefficient (Wildman–Crippen LogP) is 0.718. The van der Waals surface area contributed by atoms with Crippen molar-refractivity contribution in [2.75, 3.05) is 6.54 Å². The number of hydrogen-bond donors (Lipinski definition) is 8. The summed E-state index contributed by atoms with van der Waals surface area (Å²) in [6.45, 7) is 4.29. The Hall–Kier alpha value is -4.23. The number of H-pyrrole nitrogens is 2. The summed E-state index contributed by atoms with van der Waals surface area (Å²) in [6.07, 6.45) is 6.65. The molecule has 3 rings (SSSR count). The molecule has 0 bridgehead atoms. The molecule has 0 radical (unpaired) electrons. The van der Waals surface area contributed by atoms with E-state index >= 15 is 0 Å². The van der Waals surface area contributed by atoms with Gasteiger partial charge in [-0.1, -0.05) is 32.0 Å². The quantitative estimate of drug-likeness (QED) is 0.106. The normalized spacial score (nSPS) is 14.2. The highest BCUT2D eigenvalue weighted by atomic mass is 16.4. The molecule has 3 aromatic rings. The van der Waals surface area contributed by atoms with Crippen LogP contribution in [-0.2, 0) is 32.0 Å². The van der Waals surface area contributed by atoms with E-state index in [9.17, 15) is 24.3 Å². The Morgan fingerprint density at radius 2 is 1.60 bits per heavy atom. The van der Waals surface area contributed by atoms with Crippen molar-refractivity contribution in [1.29, 1.82) is 0 Å². The number of unbranched alkanes of at least 4 members (excludes halogenated alkanes) is 1. The molecule has 0 aliphatic rings. The van der Waals surface area contributed by atoms with Crippen LogP contribution in [0.25, 0.3) is 10.9 Å². The topological polar surface area (TPSA) is 221 Å². The van der Waals surface area contributed by atoms with Gasteiger partial charge in [0, 0.05) is 41.8 Å². The number of carboxylic acid groups (broad SMARTS) is 1. The SMILES string of the molecule is CC(C)CC(N)C(=O)NC(Cc1cnc[nH]1)C(=O)NC(Cc1c[nH]c2ccccc12)C(=O)NC(CCCCN)C(=O)O. The summed E-state index contributed by atoms with van der Waals surface area (Å²) >= 11 is 0. The van der Waals surface area contributed by atoms with Gasteiger partial charge in [-0.15, -0.1) is 0 Å². The van der Waals surface area contributed by atoms with Gasteiger partial charge < -0.3 is 42.5 Å². The van der Waals surface area contributed by atoms with E-state index in [-0.39, 0.29) is 25.2 Å². The number of imidazole rings is 1. The first-order valence-electron chi connectivity index (χ1n) is 14.2. The highest BCUT2D eigenvalue weighted by Gasteiger charge is 2.31. The Morgan fingerprint density at radius 3 is 2.24 bits per heavy atom. The lowest BCUT2D eigenvalue weighted by Crippen LogP contribution is -2.58. The molecule has 228 valence electrons. The van der Waals surface area contributed by atoms with Crippen molar-refractivity contribution >= 4 is 34.6 Å². The molecule has 13 nitrogen and oxygen atoms in total. The molecule has 0 fully saturated rings. The van der Waals surface area contributed by atoms with Crippen LogP contribution < -0.4 is 27.4 Å². The molecule has 13 heteroatoms. The van der Waals surface area contributed by atoms with Gasteiger partial charge in [-0.25, -0.2) is 9.78 Å². The molecule has 4 atom stereocenters. The molecule has 3 amide bonds. The average molecular weight is 583 g/mol. The lowest BCUT2D eigenvalue weighted by molar-refractivity contribution is -0.142. The Bertz CT molecular complexity index is 1320. The van der Waals surface area contributed by atoms with Crippen LogP contribution in [0.4, 0.5) is 0 Å². The minimum absolute atomic E-state index is 0.0736. The summed E-state index contributed by atoms with van der Waals surface area (Å²) in [4.78, 5) is 62.1. The standard InChI is InChI=1S/C29H42N8O5/c1-17(2)11-21(31)26(38)36-25(13-19-15-32-16-34-19)28(40)37-24(12-18-14-33-22-8-4-3-7-20(18)22)27(39)35-23(29(41)42)9-5-6-10-30/h3-4,7-8,14-17,21,23-25,33H,5-6,9-13,30-31H2,1-2H3,(H,32,34)(H,35,39)(H,36,38)(H,37,40)(H,41,42). The number of rotatable bonds is 17. The van der Waals surface area contributed by atoms with Crippen LogP contribution in [0.3, 0.4) is 0 Å². The second-order valence-electron chi connectivity index (χ2n) is 10.9. The smallest absolute Gasteiger partial charge is 0.326 e. The van der Waals surface area contributed by atoms with Gasteiger partial charge in [0.15, 0.2) is 0 Å². The number of nitrogens with zero attached hydrogens (tertiary/aromatic N) is 1. The minimum Gasteiger partial charge on any atom is -0.480 e. The summed E-state index contributed by atoms with van der Waals surface area (Å²) in [5, 5.41) is 18.6. The van der Waals surface area contributed by atoms with Crippen molar-refractivity contribution in [3.05, 3.63) is 54.2 Å². The predicted molar refractivity (Wildman–Crippen MR) is 158 cm³/mol. The summed E-state index contributed by atoms with van der Waals surface area (Å²) in [6, 6.07) is 3.33. The Labute approximate surface area is 244 Å². The third kappa shape index (κ3) is 9.42. The van der Waals surface area contributed by atoms with Crippen LogP contribution >= 0.6 is 0 Å². The number of carbonyl (C=O) groups excluding carboxylic acids is 3. The first kappa shape index (κ1) is 32.3. The number of carboxylic acids is 1. The molecule has 2 heterocycles. The fourth-order valence-electron chi connectivity index (χ4n) is 4.74. The number of aromatic nitrogens is 3. The molecule has 10 N–H and O–H groups in total. The fourth-order valence-corrected chi connectivity index (χ4v) is 4.74. The van der Waals surface area contributed by atoms with E-state index in [2.05, 4.69) is 30.9 Å². The summed E-state index contributed by atoms with van der Waals surface area (Å²) < 4.78 is 0. The maximum atomic E-state index is 13.7. The van der Waals surface area contributed by atoms with Crippen molar-refractivity contribution in [3.8, 4) is 0 Å². The zero-order chi connectivity index (χ0) is 30.6. The van der Waals surface area contributed by atoms with Crippen molar-refractivity contribution in [2.24, 2.45) is 17.4 Å². The van der Waals surface area contributed by atoms with E-state index in [1.807, 2.05) is 38.1 Å². The molecule has 0 spiro atoms. The van der Waals surface area contributed by atoms with E-state index in [4.69, 9.17) is 11.5 Å². The third-order valence-electron chi connectivity index (χ3n) is 6.97. The lowest BCUT2D eigenvalue weighted by Gasteiger charge is -2.25. The van der Waals surface area contributed by atoms with Gasteiger partial charge >= 0.3 is 5.97 Å². The average Bonchev–Trinajstić information content (AvgIpc) is 3.61. The van der Waals surface area contributed by atoms with E-state index in [0.29, 0.717) is 31.5 Å². The highest BCUT2D eigenvalue weighted by Crippen LogP contribution is 2.19. The van der Waals surface area contributed by atoms with Crippen molar-refractivity contribution in [1.82, 2.24) is 30.9 Å². The maximum absolute atomic E-state index is 13.7. The van der Waals surface area contributed by atoms with Crippen LogP contribution in [0, 0.1) is 5.92 Å². The number of amides is 3. The number of aliphatic carboxylic acids is 1. The van der Waals surface area contributed by atoms with Gasteiger partial charge in [-0.05, 0) is 49.8 Å². The Balaban J connectivity index is 1.86. The molecule has 0 saturated carbocycles. The number of nitrogens with one attached hydrogen (secondary N) is 5. The fraction of sp³-hybridized carbons (Fsp3) is 0.483. The molecule has 0 saturated heterocycles. The first-order chi connectivity index (χ1) is 20.1. The van der Waals surface area contributed by atoms with Crippen LogP contribution in [0.1, 0.15) is 50.8 Å². The zero-order valence-corrected chi connectivity index (χ0v) is 24.1. The van der Waals surface area contributed by atoms with Crippen molar-refractivity contribution in [3.63, 3.8) is 0 Å². The molecule has 2 aromatic heterocycles. The summed E-state index contributed by atoms with van der Waals surface area (Å²) in [5.74, 6) is -2.78. The minimum atomic E-state index is -1.18. The number of benzene rings is 1. The molecular weight excluding hydrogens is 540 g/mol. The van der Waals surface area contributed by atoms with Gasteiger partial charge in [0.2, 0.25) is 17.7 Å². The molecule has 1 aromatic carbocycles. The first-order valence-corrected chi connectivity index (χ1v) is 14.2. The number of fused-ring (bicyclic) bond motifs is 1. The van der Waals surface area contributed by atoms with Gasteiger partial charge in [0.05, 0.1) is 12.4 Å². The van der Waals surface area contributed by atoms with Gasteiger partial charge in [0.1, 0.15) is 18.1 Å². The molecule has 0 aliphatic heterocycles. The molecular formula is C29H42N8O5. The van der Waals surface area contributed by atoms with Crippen molar-refractivity contribution in [2.45, 2.75) is 76.5 Å². The second-order valence-corrected chi connectivity index (χ2v) is 10.9. The lowest BCUT2D eigenvalue weighted by atomic mass is 10.0. The van der Waals surface area contributed by atoms with Gasteiger partial charge in [-0.2, -0.15) is 0 Å². The van der Waals surface area contributed by atoms with Crippen LogP contribution in [-0.4, -0.2) is 74.5 Å². The monoisotopic (exact) mass is 582 g/mol. The van der Waals surface area contributed by atoms with E-state index in [1.165, 1.54) is 12.5 Å². The maximum Gasteiger partial charge on any atom is 0.326 e. The molecule has 42 heavy (non-hydrogen) atoms. The largest absolute Gasteiger partial charge is 0.480 e. The molecule has 4 unspecified atom stereocenters. The summed E-state index contributed by atoms with van der Waals surface area (Å²) in [5.41, 5.74) is 13.8. The van der Waals surface area contributed by atoms with E-state index in [0.717, 1.165) is 16.5 Å². The van der Waals surface area contributed by atoms with Crippen molar-refractivity contribution < 1.29 is 24.3 Å². The number of para-hydroxylation sites is 1. The zero-order valence-electron chi connectivity index (χ0n) is 24.1. The second kappa shape index (κ2) is 15.7. The number of nitrogens with two attached hydrogens (primary N) is 2. The Morgan fingerprint density at radius 1 is 0.929 bits per heavy atom. The Kier molecular flexibility index (Phi) is 12.1. The highest BCUT2D eigenvalue weighted by molar-refractivity contribution is 5.95. The van der Waals surface area contributed by atoms with Crippen LogP contribution in [0.15, 0.2) is 43.0 Å². The molecule has 0 aliphatic carbocycles. The summed E-state index contributed by atoms with van der Waals surface area (Å²) in [7, 11) is 0. The van der Waals surface area contributed by atoms with E-state index in [1.54, 1.807) is 6.20 Å². The number of hydrogen-bond acceptors (Lipinski definition) is 7. The van der Waals surface area contributed by atoms with E-state index < -0.39 is 47.9 Å². The van der Waals surface area contributed by atoms with Crippen LogP contribution in [0.5, 0.6) is 0 Å². The third-order valence-corrected chi connectivity index (χ3v) is 6.97.